The van der Waals surface area contributed by atoms with Crippen LogP contribution in [0, 0.1) is 6.92 Å². The first-order valence-electron chi connectivity index (χ1n) is 7.32. The summed E-state index contributed by atoms with van der Waals surface area (Å²) in [4.78, 5) is 12.6. The Balaban J connectivity index is 2.27. The highest BCUT2D eigenvalue weighted by molar-refractivity contribution is 5.50. The van der Waals surface area contributed by atoms with Gasteiger partial charge in [-0.25, -0.2) is 4.68 Å². The van der Waals surface area contributed by atoms with E-state index >= 15 is 0 Å². The summed E-state index contributed by atoms with van der Waals surface area (Å²) in [5, 5.41) is 0. The molecule has 3 rings (SSSR count). The summed E-state index contributed by atoms with van der Waals surface area (Å²) in [7, 11) is 0. The maximum absolute atomic E-state index is 12.6. The second-order valence-electron chi connectivity index (χ2n) is 5.60. The molecule has 0 atom stereocenters. The third-order valence-electron chi connectivity index (χ3n) is 3.96. The van der Waals surface area contributed by atoms with Gasteiger partial charge in [0.15, 0.2) is 0 Å². The first-order valence-corrected chi connectivity index (χ1v) is 7.32. The van der Waals surface area contributed by atoms with Crippen molar-refractivity contribution in [2.75, 3.05) is 5.73 Å². The number of para-hydroxylation sites is 1. The third kappa shape index (κ3) is 1.96. The summed E-state index contributed by atoms with van der Waals surface area (Å²) in [6.07, 6.45) is 3.27. The van der Waals surface area contributed by atoms with Crippen molar-refractivity contribution in [3.05, 3.63) is 45.9 Å². The van der Waals surface area contributed by atoms with Gasteiger partial charge in [0.1, 0.15) is 5.69 Å². The normalized spacial score (nSPS) is 14.7. The first kappa shape index (κ1) is 13.0. The molecule has 1 heterocycles. The number of rotatable bonds is 4. The van der Waals surface area contributed by atoms with Gasteiger partial charge in [-0.05, 0) is 37.8 Å². The predicted molar refractivity (Wildman–Crippen MR) is 81.4 cm³/mol. The first-order chi connectivity index (χ1) is 9.65. The predicted octanol–water partition coefficient (Wildman–Crippen LogP) is 2.82. The molecule has 0 spiro atoms. The Labute approximate surface area is 118 Å². The average Bonchev–Trinajstić information content (AvgIpc) is 3.22. The zero-order valence-corrected chi connectivity index (χ0v) is 12.1. The van der Waals surface area contributed by atoms with Crippen LogP contribution in [0.4, 0.5) is 5.69 Å². The largest absolute Gasteiger partial charge is 0.393 e. The van der Waals surface area contributed by atoms with Gasteiger partial charge in [-0.15, -0.1) is 0 Å². The number of hydrogen-bond donors (Lipinski definition) is 1. The molecule has 2 aromatic rings. The summed E-state index contributed by atoms with van der Waals surface area (Å²) in [6.45, 7) is 4.98. The second kappa shape index (κ2) is 4.85. The van der Waals surface area contributed by atoms with E-state index in [1.165, 1.54) is 0 Å². The van der Waals surface area contributed by atoms with Crippen LogP contribution in [0.5, 0.6) is 0 Å². The molecule has 0 unspecified atom stereocenters. The number of aryl methyl sites for hydroxylation is 1. The van der Waals surface area contributed by atoms with Crippen LogP contribution in [-0.2, 0) is 6.54 Å². The van der Waals surface area contributed by atoms with Crippen LogP contribution in [0.25, 0.3) is 5.69 Å². The Kier molecular flexibility index (Phi) is 3.16. The van der Waals surface area contributed by atoms with Crippen molar-refractivity contribution in [1.29, 1.82) is 0 Å². The molecule has 0 saturated heterocycles. The van der Waals surface area contributed by atoms with Crippen LogP contribution in [0.2, 0.25) is 0 Å². The molecule has 4 nitrogen and oxygen atoms in total. The maximum Gasteiger partial charge on any atom is 0.294 e. The monoisotopic (exact) mass is 271 g/mol. The molecule has 106 valence electrons. The Morgan fingerprint density at radius 3 is 2.60 bits per heavy atom. The number of nitrogens with zero attached hydrogens (tertiary/aromatic N) is 2. The van der Waals surface area contributed by atoms with Crippen LogP contribution in [-0.4, -0.2) is 9.36 Å². The Hall–Kier alpha value is -1.97. The maximum atomic E-state index is 12.6. The van der Waals surface area contributed by atoms with Crippen molar-refractivity contribution in [3.8, 4) is 5.69 Å². The van der Waals surface area contributed by atoms with Gasteiger partial charge in [-0.3, -0.25) is 9.48 Å². The van der Waals surface area contributed by atoms with E-state index in [0.717, 1.165) is 42.8 Å². The van der Waals surface area contributed by atoms with E-state index in [9.17, 15) is 4.79 Å². The fraction of sp³-hybridized carbons (Fsp3) is 0.438. The highest BCUT2D eigenvalue weighted by Crippen LogP contribution is 2.42. The number of hydrogen-bond acceptors (Lipinski definition) is 2. The quantitative estimate of drug-likeness (QED) is 0.929. The topological polar surface area (TPSA) is 52.9 Å². The van der Waals surface area contributed by atoms with Gasteiger partial charge in [0.25, 0.3) is 5.56 Å². The number of anilines is 1. The fourth-order valence-corrected chi connectivity index (χ4v) is 2.84. The van der Waals surface area contributed by atoms with E-state index in [1.807, 2.05) is 31.2 Å². The summed E-state index contributed by atoms with van der Waals surface area (Å²) in [6, 6.07) is 7.96. The zero-order chi connectivity index (χ0) is 14.3. The third-order valence-corrected chi connectivity index (χ3v) is 3.96. The molecule has 0 radical (unpaired) electrons. The van der Waals surface area contributed by atoms with E-state index in [2.05, 4.69) is 11.6 Å². The summed E-state index contributed by atoms with van der Waals surface area (Å²) < 4.78 is 3.86. The van der Waals surface area contributed by atoms with Crippen molar-refractivity contribution in [2.24, 2.45) is 0 Å². The number of nitrogen functional groups attached to an aromatic ring is 1. The molecule has 1 saturated carbocycles. The molecule has 1 aromatic carbocycles. The molecule has 4 heteroatoms. The van der Waals surface area contributed by atoms with Gasteiger partial charge in [-0.2, -0.15) is 0 Å². The summed E-state index contributed by atoms with van der Waals surface area (Å²) in [5.41, 5.74) is 9.53. The van der Waals surface area contributed by atoms with E-state index in [4.69, 9.17) is 5.73 Å². The minimum absolute atomic E-state index is 0.0744. The van der Waals surface area contributed by atoms with Crippen LogP contribution >= 0.6 is 0 Å². The van der Waals surface area contributed by atoms with Gasteiger partial charge >= 0.3 is 0 Å². The average molecular weight is 271 g/mol. The van der Waals surface area contributed by atoms with Gasteiger partial charge in [0.2, 0.25) is 0 Å². The number of benzene rings is 1. The lowest BCUT2D eigenvalue weighted by atomic mass is 10.2. The highest BCUT2D eigenvalue weighted by atomic mass is 16.1. The minimum atomic E-state index is -0.0744. The Morgan fingerprint density at radius 1 is 1.30 bits per heavy atom. The van der Waals surface area contributed by atoms with Crippen LogP contribution in [0.1, 0.15) is 43.4 Å². The van der Waals surface area contributed by atoms with Crippen molar-refractivity contribution in [1.82, 2.24) is 9.36 Å². The number of aromatic nitrogens is 2. The molecule has 0 aliphatic heterocycles. The minimum Gasteiger partial charge on any atom is -0.393 e. The molecule has 0 amide bonds. The molecule has 20 heavy (non-hydrogen) atoms. The van der Waals surface area contributed by atoms with Gasteiger partial charge in [-0.1, -0.05) is 25.1 Å². The molecular weight excluding hydrogens is 250 g/mol. The highest BCUT2D eigenvalue weighted by Gasteiger charge is 2.32. The lowest BCUT2D eigenvalue weighted by molar-refractivity contribution is 0.514. The standard InChI is InChI=1S/C16H21N3O/c1-3-10-18-15(12-8-9-12)14(17)16(20)19(18)13-7-5-4-6-11(13)2/h4-7,12H,3,8-10,17H2,1-2H3. The van der Waals surface area contributed by atoms with Crippen LogP contribution < -0.4 is 11.3 Å². The van der Waals surface area contributed by atoms with E-state index in [-0.39, 0.29) is 5.56 Å². The molecule has 1 aliphatic rings. The van der Waals surface area contributed by atoms with Crippen molar-refractivity contribution >= 4 is 5.69 Å². The second-order valence-corrected chi connectivity index (χ2v) is 5.60. The lowest BCUT2D eigenvalue weighted by Gasteiger charge is -2.15. The van der Waals surface area contributed by atoms with Gasteiger partial charge in [0.05, 0.1) is 11.4 Å². The van der Waals surface area contributed by atoms with E-state index < -0.39 is 0 Å². The van der Waals surface area contributed by atoms with E-state index in [1.54, 1.807) is 4.68 Å². The van der Waals surface area contributed by atoms with E-state index in [0.29, 0.717) is 11.6 Å². The smallest absolute Gasteiger partial charge is 0.294 e. The molecular formula is C16H21N3O. The summed E-state index contributed by atoms with van der Waals surface area (Å²) in [5.74, 6) is 0.472. The molecule has 1 aliphatic carbocycles. The Bertz CT molecular complexity index is 692. The Morgan fingerprint density at radius 2 is 2.00 bits per heavy atom. The molecule has 1 fully saturated rings. The van der Waals surface area contributed by atoms with Crippen molar-refractivity contribution < 1.29 is 0 Å². The zero-order valence-electron chi connectivity index (χ0n) is 12.1. The van der Waals surface area contributed by atoms with Gasteiger partial charge in [0, 0.05) is 12.5 Å². The molecule has 0 bridgehead atoms. The lowest BCUT2D eigenvalue weighted by Crippen LogP contribution is -2.23. The van der Waals surface area contributed by atoms with Crippen LogP contribution in [0.3, 0.4) is 0 Å². The van der Waals surface area contributed by atoms with Crippen LogP contribution in [0.15, 0.2) is 29.1 Å². The van der Waals surface area contributed by atoms with Crippen molar-refractivity contribution in [3.63, 3.8) is 0 Å². The fourth-order valence-electron chi connectivity index (χ4n) is 2.84. The number of nitrogens with two attached hydrogens (primary N) is 1. The molecule has 1 aromatic heterocycles. The van der Waals surface area contributed by atoms with Gasteiger partial charge < -0.3 is 5.73 Å². The van der Waals surface area contributed by atoms with Crippen molar-refractivity contribution in [2.45, 2.75) is 45.6 Å². The molecule has 2 N–H and O–H groups in total. The summed E-state index contributed by atoms with van der Waals surface area (Å²) >= 11 is 0. The SMILES string of the molecule is CCCn1c(C2CC2)c(N)c(=O)n1-c1ccccc1C.